The smallest absolute Gasteiger partial charge is 0.230 e. The van der Waals surface area contributed by atoms with Gasteiger partial charge in [0, 0.05) is 26.2 Å². The second kappa shape index (κ2) is 8.20. The van der Waals surface area contributed by atoms with Crippen molar-refractivity contribution in [3.8, 4) is 0 Å². The van der Waals surface area contributed by atoms with Crippen LogP contribution in [-0.4, -0.2) is 80.8 Å². The third-order valence-electron chi connectivity index (χ3n) is 2.39. The topological polar surface area (TPSA) is 43.9 Å². The molecule has 0 rings (SSSR count). The van der Waals surface area contributed by atoms with Crippen molar-refractivity contribution in [2.75, 3.05) is 54.4 Å². The number of nitrogens with zero attached hydrogens (tertiary/aromatic N) is 3. The summed E-state index contributed by atoms with van der Waals surface area (Å²) in [6.07, 6.45) is 0.0147. The lowest BCUT2D eigenvalue weighted by Gasteiger charge is -2.25. The van der Waals surface area contributed by atoms with Crippen LogP contribution in [0.15, 0.2) is 0 Å². The SMILES string of the molecule is CC(=O)CC(=O)N(CCN(C)C)CCN(C)C. The number of amides is 1. The molecular formula is C12H25N3O2. The van der Waals surface area contributed by atoms with Crippen LogP contribution in [0.5, 0.6) is 0 Å². The van der Waals surface area contributed by atoms with Crippen molar-refractivity contribution < 1.29 is 9.59 Å². The maximum atomic E-state index is 11.8. The lowest BCUT2D eigenvalue weighted by Crippen LogP contribution is -2.41. The van der Waals surface area contributed by atoms with Crippen molar-refractivity contribution >= 4 is 11.7 Å². The van der Waals surface area contributed by atoms with Crippen LogP contribution in [0.25, 0.3) is 0 Å². The molecule has 0 atom stereocenters. The van der Waals surface area contributed by atoms with E-state index in [1.165, 1.54) is 6.92 Å². The van der Waals surface area contributed by atoms with Gasteiger partial charge in [0.05, 0.1) is 6.42 Å². The third kappa shape index (κ3) is 8.83. The fourth-order valence-corrected chi connectivity index (χ4v) is 1.33. The van der Waals surface area contributed by atoms with Crippen LogP contribution < -0.4 is 0 Å². The van der Waals surface area contributed by atoms with Gasteiger partial charge in [-0.15, -0.1) is 0 Å². The maximum Gasteiger partial charge on any atom is 0.230 e. The lowest BCUT2D eigenvalue weighted by molar-refractivity contribution is -0.135. The second-order valence-corrected chi connectivity index (χ2v) is 4.87. The molecule has 100 valence electrons. The van der Waals surface area contributed by atoms with Gasteiger partial charge < -0.3 is 14.7 Å². The number of hydrogen-bond acceptors (Lipinski definition) is 4. The molecule has 0 heterocycles. The van der Waals surface area contributed by atoms with Gasteiger partial charge in [-0.3, -0.25) is 9.59 Å². The van der Waals surface area contributed by atoms with Gasteiger partial charge in [0.2, 0.25) is 5.91 Å². The standard InChI is InChI=1S/C12H25N3O2/c1-11(16)10-12(17)15(8-6-13(2)3)9-7-14(4)5/h6-10H2,1-5H3. The number of hydrogen-bond donors (Lipinski definition) is 0. The minimum atomic E-state index is -0.0743. The van der Waals surface area contributed by atoms with Crippen LogP contribution in [0.3, 0.4) is 0 Å². The molecule has 0 fully saturated rings. The first-order valence-corrected chi connectivity index (χ1v) is 5.89. The first-order valence-electron chi connectivity index (χ1n) is 5.89. The first-order chi connectivity index (χ1) is 7.82. The molecule has 0 aliphatic heterocycles. The zero-order valence-electron chi connectivity index (χ0n) is 11.7. The second-order valence-electron chi connectivity index (χ2n) is 4.87. The Balaban J connectivity index is 4.27. The normalized spacial score (nSPS) is 11.0. The Morgan fingerprint density at radius 3 is 1.53 bits per heavy atom. The van der Waals surface area contributed by atoms with Crippen molar-refractivity contribution in [3.05, 3.63) is 0 Å². The number of carbonyl (C=O) groups is 2. The van der Waals surface area contributed by atoms with Gasteiger partial charge in [0.15, 0.2) is 0 Å². The molecule has 0 saturated heterocycles. The minimum absolute atomic E-state index is 0.0147. The van der Waals surface area contributed by atoms with Gasteiger partial charge in [0.25, 0.3) is 0 Å². The monoisotopic (exact) mass is 243 g/mol. The van der Waals surface area contributed by atoms with Gasteiger partial charge in [-0.25, -0.2) is 0 Å². The van der Waals surface area contributed by atoms with E-state index in [9.17, 15) is 9.59 Å². The largest absolute Gasteiger partial charge is 0.340 e. The summed E-state index contributed by atoms with van der Waals surface area (Å²) in [6.45, 7) is 4.43. The van der Waals surface area contributed by atoms with Crippen LogP contribution in [0, 0.1) is 0 Å². The molecule has 0 aromatic rings. The Morgan fingerprint density at radius 2 is 1.24 bits per heavy atom. The minimum Gasteiger partial charge on any atom is -0.340 e. The maximum absolute atomic E-state index is 11.8. The average Bonchev–Trinajstić information content (AvgIpc) is 2.15. The van der Waals surface area contributed by atoms with Gasteiger partial charge >= 0.3 is 0 Å². The zero-order valence-corrected chi connectivity index (χ0v) is 11.7. The molecule has 0 aromatic heterocycles. The van der Waals surface area contributed by atoms with E-state index in [2.05, 4.69) is 0 Å². The molecule has 17 heavy (non-hydrogen) atoms. The van der Waals surface area contributed by atoms with Gasteiger partial charge in [-0.2, -0.15) is 0 Å². The van der Waals surface area contributed by atoms with E-state index in [0.29, 0.717) is 13.1 Å². The molecule has 5 heteroatoms. The summed E-state index contributed by atoms with van der Waals surface area (Å²) in [6, 6.07) is 0. The average molecular weight is 243 g/mol. The molecule has 0 bridgehead atoms. The number of rotatable bonds is 8. The highest BCUT2D eigenvalue weighted by atomic mass is 16.2. The van der Waals surface area contributed by atoms with Gasteiger partial charge in [-0.1, -0.05) is 0 Å². The molecule has 0 spiro atoms. The highest BCUT2D eigenvalue weighted by Crippen LogP contribution is 1.97. The Hall–Kier alpha value is -0.940. The zero-order chi connectivity index (χ0) is 13.4. The van der Waals surface area contributed by atoms with E-state index >= 15 is 0 Å². The quantitative estimate of drug-likeness (QED) is 0.559. The summed E-state index contributed by atoms with van der Waals surface area (Å²) in [4.78, 5) is 28.6. The van der Waals surface area contributed by atoms with Crippen molar-refractivity contribution in [3.63, 3.8) is 0 Å². The number of carbonyl (C=O) groups excluding carboxylic acids is 2. The van der Waals surface area contributed by atoms with Crippen LogP contribution >= 0.6 is 0 Å². The number of ketones is 1. The summed E-state index contributed by atoms with van der Waals surface area (Å²) >= 11 is 0. The van der Waals surface area contributed by atoms with E-state index in [4.69, 9.17) is 0 Å². The summed E-state index contributed by atoms with van der Waals surface area (Å²) in [5, 5.41) is 0. The molecule has 0 unspecified atom stereocenters. The molecule has 5 nitrogen and oxygen atoms in total. The van der Waals surface area contributed by atoms with Crippen molar-refractivity contribution in [2.45, 2.75) is 13.3 Å². The predicted molar refractivity (Wildman–Crippen MR) is 69.0 cm³/mol. The molecule has 0 saturated carbocycles. The summed E-state index contributed by atoms with van der Waals surface area (Å²) < 4.78 is 0. The van der Waals surface area contributed by atoms with E-state index in [1.54, 1.807) is 4.90 Å². The lowest BCUT2D eigenvalue weighted by atomic mass is 10.2. The molecular weight excluding hydrogens is 218 g/mol. The van der Waals surface area contributed by atoms with Crippen molar-refractivity contribution in [2.24, 2.45) is 0 Å². The van der Waals surface area contributed by atoms with Crippen molar-refractivity contribution in [1.82, 2.24) is 14.7 Å². The molecule has 0 N–H and O–H groups in total. The van der Waals surface area contributed by atoms with Crippen LogP contribution in [0.1, 0.15) is 13.3 Å². The van der Waals surface area contributed by atoms with E-state index in [-0.39, 0.29) is 18.1 Å². The Bertz CT molecular complexity index is 240. The Labute approximate surface area is 104 Å². The van der Waals surface area contributed by atoms with Crippen LogP contribution in [0.4, 0.5) is 0 Å². The van der Waals surface area contributed by atoms with E-state index < -0.39 is 0 Å². The van der Waals surface area contributed by atoms with Gasteiger partial charge in [0.1, 0.15) is 5.78 Å². The number of Topliss-reactive ketones (excluding diaryl/α,β-unsaturated/α-hetero) is 1. The fraction of sp³-hybridized carbons (Fsp3) is 0.833. The molecule has 0 aromatic carbocycles. The Kier molecular flexibility index (Phi) is 7.74. The van der Waals surface area contributed by atoms with E-state index in [1.807, 2.05) is 38.0 Å². The van der Waals surface area contributed by atoms with Crippen molar-refractivity contribution in [1.29, 1.82) is 0 Å². The molecule has 0 radical (unpaired) electrons. The number of likely N-dealkylation sites (N-methyl/N-ethyl adjacent to an activating group) is 2. The molecule has 1 amide bonds. The van der Waals surface area contributed by atoms with Gasteiger partial charge in [-0.05, 0) is 35.1 Å². The summed E-state index contributed by atoms with van der Waals surface area (Å²) in [5.74, 6) is -0.143. The predicted octanol–water partition coefficient (Wildman–Crippen LogP) is -0.0827. The highest BCUT2D eigenvalue weighted by Gasteiger charge is 2.15. The fourth-order valence-electron chi connectivity index (χ4n) is 1.33. The Morgan fingerprint density at radius 1 is 0.824 bits per heavy atom. The first kappa shape index (κ1) is 16.1. The third-order valence-corrected chi connectivity index (χ3v) is 2.39. The molecule has 0 aliphatic rings. The van der Waals surface area contributed by atoms with Crippen LogP contribution in [0.2, 0.25) is 0 Å². The highest BCUT2D eigenvalue weighted by molar-refractivity contribution is 5.96. The summed E-state index contributed by atoms with van der Waals surface area (Å²) in [7, 11) is 7.89. The van der Waals surface area contributed by atoms with E-state index in [0.717, 1.165) is 13.1 Å². The van der Waals surface area contributed by atoms with Crippen LogP contribution in [-0.2, 0) is 9.59 Å². The summed E-state index contributed by atoms with van der Waals surface area (Å²) in [5.41, 5.74) is 0. The molecule has 0 aliphatic carbocycles.